The lowest BCUT2D eigenvalue weighted by Crippen LogP contribution is -1.94. The fraction of sp³-hybridized carbons (Fsp3) is 0.0417. The van der Waals surface area contributed by atoms with Gasteiger partial charge >= 0.3 is 0 Å². The second-order valence-corrected chi connectivity index (χ2v) is 6.76. The van der Waals surface area contributed by atoms with E-state index < -0.39 is 0 Å². The van der Waals surface area contributed by atoms with Crippen LogP contribution in [0.3, 0.4) is 0 Å². The molecule has 3 aromatic heterocycles. The molecule has 2 aromatic carbocycles. The Labute approximate surface area is 161 Å². The molecule has 28 heavy (non-hydrogen) atoms. The van der Waals surface area contributed by atoms with Gasteiger partial charge in [-0.3, -0.25) is 4.98 Å². The van der Waals surface area contributed by atoms with Gasteiger partial charge in [0, 0.05) is 34.9 Å². The first-order valence-corrected chi connectivity index (χ1v) is 9.07. The molecule has 0 N–H and O–H groups in total. The Kier molecular flexibility index (Phi) is 3.83. The highest BCUT2D eigenvalue weighted by atomic mass is 19.1. The SMILES string of the molecule is Cc1ccc(-c2cc(-c3ccccc3F)nc3ncccc23)c2ccncc12. The van der Waals surface area contributed by atoms with Crippen molar-refractivity contribution in [3.63, 3.8) is 0 Å². The Balaban J connectivity index is 1.88. The predicted molar refractivity (Wildman–Crippen MR) is 110 cm³/mol. The maximum atomic E-state index is 14.4. The highest BCUT2D eigenvalue weighted by Gasteiger charge is 2.14. The van der Waals surface area contributed by atoms with Crippen molar-refractivity contribution < 1.29 is 4.39 Å². The van der Waals surface area contributed by atoms with E-state index in [1.165, 1.54) is 6.07 Å². The molecule has 0 saturated carbocycles. The zero-order valence-corrected chi connectivity index (χ0v) is 15.2. The van der Waals surface area contributed by atoms with Gasteiger partial charge in [0.2, 0.25) is 0 Å². The third-order valence-electron chi connectivity index (χ3n) is 5.06. The van der Waals surface area contributed by atoms with Crippen LogP contribution in [0.2, 0.25) is 0 Å². The van der Waals surface area contributed by atoms with Crippen LogP contribution < -0.4 is 0 Å². The molecule has 5 rings (SSSR count). The molecule has 0 spiro atoms. The number of benzene rings is 2. The number of nitrogens with zero attached hydrogens (tertiary/aromatic N) is 3. The van der Waals surface area contributed by atoms with Crippen LogP contribution in [-0.4, -0.2) is 15.0 Å². The van der Waals surface area contributed by atoms with Crippen molar-refractivity contribution in [2.45, 2.75) is 6.92 Å². The van der Waals surface area contributed by atoms with Crippen molar-refractivity contribution in [1.29, 1.82) is 0 Å². The van der Waals surface area contributed by atoms with E-state index in [-0.39, 0.29) is 5.82 Å². The summed E-state index contributed by atoms with van der Waals surface area (Å²) >= 11 is 0. The van der Waals surface area contributed by atoms with Crippen LogP contribution >= 0.6 is 0 Å². The molecule has 0 aliphatic heterocycles. The summed E-state index contributed by atoms with van der Waals surface area (Å²) in [6, 6.07) is 18.7. The average molecular weight is 365 g/mol. The van der Waals surface area contributed by atoms with Crippen molar-refractivity contribution in [2.24, 2.45) is 0 Å². The van der Waals surface area contributed by atoms with Crippen LogP contribution in [0.25, 0.3) is 44.2 Å². The third kappa shape index (κ3) is 2.62. The molecule has 0 bridgehead atoms. The molecular weight excluding hydrogens is 349 g/mol. The zero-order valence-electron chi connectivity index (χ0n) is 15.2. The lowest BCUT2D eigenvalue weighted by Gasteiger charge is -2.13. The average Bonchev–Trinajstić information content (AvgIpc) is 2.74. The van der Waals surface area contributed by atoms with E-state index >= 15 is 0 Å². The number of hydrogen-bond donors (Lipinski definition) is 0. The largest absolute Gasteiger partial charge is 0.264 e. The van der Waals surface area contributed by atoms with Gasteiger partial charge in [-0.05, 0) is 65.4 Å². The first kappa shape index (κ1) is 16.5. The highest BCUT2D eigenvalue weighted by molar-refractivity contribution is 6.05. The van der Waals surface area contributed by atoms with Crippen molar-refractivity contribution >= 4 is 21.8 Å². The van der Waals surface area contributed by atoms with Gasteiger partial charge in [-0.15, -0.1) is 0 Å². The zero-order chi connectivity index (χ0) is 19.1. The van der Waals surface area contributed by atoms with Gasteiger partial charge in [0.25, 0.3) is 0 Å². The number of fused-ring (bicyclic) bond motifs is 2. The molecule has 0 aliphatic rings. The maximum absolute atomic E-state index is 14.4. The topological polar surface area (TPSA) is 38.7 Å². The molecule has 4 heteroatoms. The first-order valence-electron chi connectivity index (χ1n) is 9.07. The van der Waals surface area contributed by atoms with Crippen LogP contribution in [0.15, 0.2) is 79.3 Å². The Morgan fingerprint density at radius 1 is 0.750 bits per heavy atom. The normalized spacial score (nSPS) is 11.2. The van der Waals surface area contributed by atoms with Crippen LogP contribution in [0, 0.1) is 12.7 Å². The minimum absolute atomic E-state index is 0.297. The van der Waals surface area contributed by atoms with Gasteiger partial charge < -0.3 is 0 Å². The minimum Gasteiger partial charge on any atom is -0.264 e. The summed E-state index contributed by atoms with van der Waals surface area (Å²) in [4.78, 5) is 13.3. The Hall–Kier alpha value is -3.66. The molecule has 134 valence electrons. The van der Waals surface area contributed by atoms with Crippen molar-refractivity contribution in [2.75, 3.05) is 0 Å². The van der Waals surface area contributed by atoms with E-state index in [9.17, 15) is 4.39 Å². The molecule has 0 fully saturated rings. The molecule has 3 heterocycles. The predicted octanol–water partition coefficient (Wildman–Crippen LogP) is 5.96. The van der Waals surface area contributed by atoms with Crippen molar-refractivity contribution in [3.8, 4) is 22.4 Å². The summed E-state index contributed by atoms with van der Waals surface area (Å²) in [5.41, 5.74) is 4.84. The van der Waals surface area contributed by atoms with Crippen molar-refractivity contribution in [3.05, 3.63) is 90.6 Å². The van der Waals surface area contributed by atoms with Crippen LogP contribution in [0.5, 0.6) is 0 Å². The second-order valence-electron chi connectivity index (χ2n) is 6.76. The molecule has 0 saturated heterocycles. The molecule has 5 aromatic rings. The molecule has 0 unspecified atom stereocenters. The highest BCUT2D eigenvalue weighted by Crippen LogP contribution is 2.36. The van der Waals surface area contributed by atoms with Gasteiger partial charge in [0.05, 0.1) is 5.69 Å². The number of aryl methyl sites for hydroxylation is 1. The number of rotatable bonds is 2. The van der Waals surface area contributed by atoms with Gasteiger partial charge in [-0.2, -0.15) is 0 Å². The summed E-state index contributed by atoms with van der Waals surface area (Å²) in [5, 5.41) is 3.14. The van der Waals surface area contributed by atoms with Crippen LogP contribution in [0.4, 0.5) is 4.39 Å². The summed E-state index contributed by atoms with van der Waals surface area (Å²) in [5.74, 6) is -0.297. The lowest BCUT2D eigenvalue weighted by molar-refractivity contribution is 0.631. The summed E-state index contributed by atoms with van der Waals surface area (Å²) in [6.45, 7) is 2.07. The van der Waals surface area contributed by atoms with E-state index in [4.69, 9.17) is 0 Å². The molecular formula is C24H16FN3. The number of pyridine rings is 3. The van der Waals surface area contributed by atoms with Crippen LogP contribution in [-0.2, 0) is 0 Å². The maximum Gasteiger partial charge on any atom is 0.160 e. The third-order valence-corrected chi connectivity index (χ3v) is 5.06. The van der Waals surface area contributed by atoms with Gasteiger partial charge in [-0.25, -0.2) is 14.4 Å². The molecule has 0 aliphatic carbocycles. The van der Waals surface area contributed by atoms with E-state index in [1.807, 2.05) is 36.5 Å². The Morgan fingerprint density at radius 3 is 2.54 bits per heavy atom. The first-order chi connectivity index (χ1) is 13.7. The lowest BCUT2D eigenvalue weighted by atomic mass is 9.94. The quantitative estimate of drug-likeness (QED) is 0.387. The van der Waals surface area contributed by atoms with Crippen molar-refractivity contribution in [1.82, 2.24) is 15.0 Å². The number of halogens is 1. The Morgan fingerprint density at radius 2 is 1.64 bits per heavy atom. The number of hydrogen-bond acceptors (Lipinski definition) is 3. The summed E-state index contributed by atoms with van der Waals surface area (Å²) in [7, 11) is 0. The molecule has 0 amide bonds. The summed E-state index contributed by atoms with van der Waals surface area (Å²) < 4.78 is 14.4. The van der Waals surface area contributed by atoms with Crippen LogP contribution in [0.1, 0.15) is 5.56 Å². The minimum atomic E-state index is -0.297. The standard InChI is InChI=1S/C24H16FN3/c1-15-8-9-16(17-10-12-26-14-21(15)17)20-13-23(19-5-2-3-7-22(19)25)28-24-18(20)6-4-11-27-24/h2-14H,1H3. The fourth-order valence-electron chi connectivity index (χ4n) is 3.65. The second kappa shape index (κ2) is 6.50. The van der Waals surface area contributed by atoms with Gasteiger partial charge in [0.1, 0.15) is 5.82 Å². The Bertz CT molecular complexity index is 1340. The summed E-state index contributed by atoms with van der Waals surface area (Å²) in [6.07, 6.45) is 5.39. The van der Waals surface area contributed by atoms with Gasteiger partial charge in [-0.1, -0.05) is 24.3 Å². The van der Waals surface area contributed by atoms with E-state index in [0.29, 0.717) is 16.9 Å². The molecule has 0 atom stereocenters. The fourth-order valence-corrected chi connectivity index (χ4v) is 3.65. The molecule has 3 nitrogen and oxygen atoms in total. The molecule has 0 radical (unpaired) electrons. The van der Waals surface area contributed by atoms with E-state index in [0.717, 1.165) is 32.8 Å². The van der Waals surface area contributed by atoms with E-state index in [1.54, 1.807) is 24.5 Å². The number of aromatic nitrogens is 3. The smallest absolute Gasteiger partial charge is 0.160 e. The van der Waals surface area contributed by atoms with Gasteiger partial charge in [0.15, 0.2) is 5.65 Å². The van der Waals surface area contributed by atoms with E-state index in [2.05, 4.69) is 34.0 Å². The monoisotopic (exact) mass is 365 g/mol.